The average molecular weight is 170 g/mol. The van der Waals surface area contributed by atoms with Gasteiger partial charge >= 0.3 is 5.97 Å². The lowest BCUT2D eigenvalue weighted by molar-refractivity contribution is -0.141. The number of carbonyl (C=O) groups is 1. The molecular weight excluding hydrogens is 156 g/mol. The second-order valence-corrected chi connectivity index (χ2v) is 3.07. The van der Waals surface area contributed by atoms with Gasteiger partial charge in [-0.3, -0.25) is 0 Å². The van der Waals surface area contributed by atoms with Gasteiger partial charge in [0, 0.05) is 5.57 Å². The number of allylic oxidation sites excluding steroid dienone is 1. The number of ether oxygens (including phenoxy) is 1. The van der Waals surface area contributed by atoms with Gasteiger partial charge in [-0.1, -0.05) is 6.08 Å². The number of esters is 1. The molecule has 3 nitrogen and oxygen atoms in total. The first-order valence-electron chi connectivity index (χ1n) is 4.22. The minimum Gasteiger partial charge on any atom is -0.460 e. The predicted molar refractivity (Wildman–Crippen MR) is 44.6 cm³/mol. The second kappa shape index (κ2) is 4.26. The van der Waals surface area contributed by atoms with E-state index in [0.717, 1.165) is 12.8 Å². The van der Waals surface area contributed by atoms with Crippen molar-refractivity contribution in [3.63, 3.8) is 0 Å². The summed E-state index contributed by atoms with van der Waals surface area (Å²) in [7, 11) is 0. The molecule has 0 fully saturated rings. The van der Waals surface area contributed by atoms with Crippen LogP contribution in [0.25, 0.3) is 0 Å². The van der Waals surface area contributed by atoms with Crippen LogP contribution in [0, 0.1) is 0 Å². The summed E-state index contributed by atoms with van der Waals surface area (Å²) in [5, 5.41) is 9.24. The van der Waals surface area contributed by atoms with Crippen molar-refractivity contribution >= 4 is 5.97 Å². The Morgan fingerprint density at radius 1 is 1.67 bits per heavy atom. The van der Waals surface area contributed by atoms with Crippen LogP contribution >= 0.6 is 0 Å². The summed E-state index contributed by atoms with van der Waals surface area (Å²) in [5.41, 5.74) is 0.643. The highest BCUT2D eigenvalue weighted by Crippen LogP contribution is 2.09. The molecule has 1 heterocycles. The van der Waals surface area contributed by atoms with Gasteiger partial charge in [0.1, 0.15) is 6.61 Å². The highest BCUT2D eigenvalue weighted by Gasteiger charge is 2.11. The van der Waals surface area contributed by atoms with Gasteiger partial charge < -0.3 is 9.84 Å². The van der Waals surface area contributed by atoms with Crippen molar-refractivity contribution in [2.24, 2.45) is 0 Å². The molecule has 12 heavy (non-hydrogen) atoms. The standard InChI is InChI=1S/C9H14O3/c1-7-4-2-3-5-8(10)6-12-9(7)11/h4,8,10H,2-3,5-6H2,1H3/b7-4-. The van der Waals surface area contributed by atoms with Crippen molar-refractivity contribution in [1.82, 2.24) is 0 Å². The number of carbonyl (C=O) groups excluding carboxylic acids is 1. The zero-order valence-electron chi connectivity index (χ0n) is 7.25. The first kappa shape index (κ1) is 9.26. The molecule has 0 saturated heterocycles. The molecule has 0 aromatic heterocycles. The predicted octanol–water partition coefficient (Wildman–Crippen LogP) is 1.02. The van der Waals surface area contributed by atoms with Crippen molar-refractivity contribution in [3.05, 3.63) is 11.6 Å². The lowest BCUT2D eigenvalue weighted by atomic mass is 10.1. The Morgan fingerprint density at radius 2 is 2.42 bits per heavy atom. The Hall–Kier alpha value is -0.830. The molecule has 0 aromatic rings. The molecule has 1 unspecified atom stereocenters. The number of hydrogen-bond acceptors (Lipinski definition) is 3. The summed E-state index contributed by atoms with van der Waals surface area (Å²) in [6.07, 6.45) is 3.83. The van der Waals surface area contributed by atoms with Crippen molar-refractivity contribution in [3.8, 4) is 0 Å². The van der Waals surface area contributed by atoms with E-state index in [1.165, 1.54) is 0 Å². The summed E-state index contributed by atoms with van der Waals surface area (Å²) in [6, 6.07) is 0. The fourth-order valence-corrected chi connectivity index (χ4v) is 1.12. The summed E-state index contributed by atoms with van der Waals surface area (Å²) in [6.45, 7) is 1.87. The van der Waals surface area contributed by atoms with Gasteiger partial charge in [-0.05, 0) is 26.2 Å². The van der Waals surface area contributed by atoms with E-state index in [2.05, 4.69) is 0 Å². The van der Waals surface area contributed by atoms with Crippen LogP contribution in [-0.2, 0) is 9.53 Å². The maximum Gasteiger partial charge on any atom is 0.333 e. The molecular formula is C9H14O3. The molecule has 1 aliphatic heterocycles. The van der Waals surface area contributed by atoms with Crippen molar-refractivity contribution < 1.29 is 14.6 Å². The van der Waals surface area contributed by atoms with Crippen LogP contribution in [0.2, 0.25) is 0 Å². The summed E-state index contributed by atoms with van der Waals surface area (Å²) >= 11 is 0. The third-order valence-corrected chi connectivity index (χ3v) is 1.92. The first-order chi connectivity index (χ1) is 5.70. The maximum atomic E-state index is 11.1. The van der Waals surface area contributed by atoms with Crippen LogP contribution in [-0.4, -0.2) is 23.8 Å². The molecule has 1 rings (SSSR count). The van der Waals surface area contributed by atoms with E-state index in [1.54, 1.807) is 6.92 Å². The second-order valence-electron chi connectivity index (χ2n) is 3.07. The van der Waals surface area contributed by atoms with Gasteiger partial charge in [-0.25, -0.2) is 4.79 Å². The van der Waals surface area contributed by atoms with Gasteiger partial charge in [0.15, 0.2) is 0 Å². The normalized spacial score (nSPS) is 30.7. The molecule has 3 heteroatoms. The van der Waals surface area contributed by atoms with Crippen LogP contribution < -0.4 is 0 Å². The van der Waals surface area contributed by atoms with Crippen molar-refractivity contribution in [1.29, 1.82) is 0 Å². The molecule has 0 spiro atoms. The zero-order chi connectivity index (χ0) is 8.97. The molecule has 0 radical (unpaired) electrons. The third-order valence-electron chi connectivity index (χ3n) is 1.92. The molecule has 0 amide bonds. The van der Waals surface area contributed by atoms with Crippen LogP contribution in [0.1, 0.15) is 26.2 Å². The monoisotopic (exact) mass is 170 g/mol. The summed E-state index contributed by atoms with van der Waals surface area (Å²) < 4.78 is 4.83. The number of cyclic esters (lactones) is 1. The molecule has 1 N–H and O–H groups in total. The van der Waals surface area contributed by atoms with Gasteiger partial charge in [0.2, 0.25) is 0 Å². The molecule has 0 bridgehead atoms. The topological polar surface area (TPSA) is 46.5 Å². The first-order valence-corrected chi connectivity index (χ1v) is 4.22. The smallest absolute Gasteiger partial charge is 0.333 e. The highest BCUT2D eigenvalue weighted by atomic mass is 16.5. The van der Waals surface area contributed by atoms with E-state index in [-0.39, 0.29) is 12.6 Å². The van der Waals surface area contributed by atoms with E-state index in [9.17, 15) is 9.90 Å². The van der Waals surface area contributed by atoms with Crippen LogP contribution in [0.3, 0.4) is 0 Å². The molecule has 0 aliphatic carbocycles. The van der Waals surface area contributed by atoms with Gasteiger partial charge in [-0.15, -0.1) is 0 Å². The molecule has 0 aromatic carbocycles. The lowest BCUT2D eigenvalue weighted by Crippen LogP contribution is -2.17. The van der Waals surface area contributed by atoms with Gasteiger partial charge in [-0.2, -0.15) is 0 Å². The zero-order valence-corrected chi connectivity index (χ0v) is 7.25. The summed E-state index contributed by atoms with van der Waals surface area (Å²) in [5.74, 6) is -0.309. The average Bonchev–Trinajstić information content (AvgIpc) is 2.11. The minimum absolute atomic E-state index is 0.129. The molecule has 68 valence electrons. The molecule has 1 aliphatic rings. The number of rotatable bonds is 0. The van der Waals surface area contributed by atoms with Crippen LogP contribution in [0.4, 0.5) is 0 Å². The third kappa shape index (κ3) is 2.66. The van der Waals surface area contributed by atoms with E-state index < -0.39 is 6.10 Å². The van der Waals surface area contributed by atoms with Crippen LogP contribution in [0.5, 0.6) is 0 Å². The van der Waals surface area contributed by atoms with E-state index in [4.69, 9.17) is 4.74 Å². The van der Waals surface area contributed by atoms with Crippen LogP contribution in [0.15, 0.2) is 11.6 Å². The fourth-order valence-electron chi connectivity index (χ4n) is 1.12. The Labute approximate surface area is 72.0 Å². The lowest BCUT2D eigenvalue weighted by Gasteiger charge is -2.08. The molecule has 1 atom stereocenters. The fraction of sp³-hybridized carbons (Fsp3) is 0.667. The Morgan fingerprint density at radius 3 is 3.17 bits per heavy atom. The van der Waals surface area contributed by atoms with E-state index in [0.29, 0.717) is 12.0 Å². The quantitative estimate of drug-likeness (QED) is 0.552. The Kier molecular flexibility index (Phi) is 3.29. The number of aliphatic hydroxyl groups excluding tert-OH is 1. The highest BCUT2D eigenvalue weighted by molar-refractivity contribution is 5.87. The van der Waals surface area contributed by atoms with Crippen molar-refractivity contribution in [2.45, 2.75) is 32.3 Å². The van der Waals surface area contributed by atoms with E-state index >= 15 is 0 Å². The molecule has 0 saturated carbocycles. The number of hydrogen-bond donors (Lipinski definition) is 1. The van der Waals surface area contributed by atoms with E-state index in [1.807, 2.05) is 6.08 Å². The largest absolute Gasteiger partial charge is 0.460 e. The SMILES string of the molecule is C/C1=C/CCCC(O)COC1=O. The minimum atomic E-state index is -0.492. The Balaban J connectivity index is 2.55. The van der Waals surface area contributed by atoms with Gasteiger partial charge in [0.25, 0.3) is 0 Å². The maximum absolute atomic E-state index is 11.1. The van der Waals surface area contributed by atoms with Gasteiger partial charge in [0.05, 0.1) is 6.10 Å². The van der Waals surface area contributed by atoms with Crippen molar-refractivity contribution in [2.75, 3.05) is 6.61 Å². The number of aliphatic hydroxyl groups is 1. The summed E-state index contributed by atoms with van der Waals surface area (Å²) in [4.78, 5) is 11.1. The Bertz CT molecular complexity index is 196.